The molecule has 2 radical (unpaired) electrons. The molecule has 0 saturated carbocycles. The fourth-order valence-electron chi connectivity index (χ4n) is 1.69. The maximum atomic E-state index is 5.53. The zero-order valence-electron chi connectivity index (χ0n) is 8.30. The Balaban J connectivity index is 2.79. The Bertz CT molecular complexity index is 213. The van der Waals surface area contributed by atoms with Crippen molar-refractivity contribution in [3.63, 3.8) is 0 Å². The van der Waals surface area contributed by atoms with Gasteiger partial charge in [-0.1, -0.05) is 37.9 Å². The molecule has 0 fully saturated rings. The van der Waals surface area contributed by atoms with Crippen LogP contribution in [0.1, 0.15) is 27.2 Å². The Morgan fingerprint density at radius 3 is 2.67 bits per heavy atom. The molecule has 0 nitrogen and oxygen atoms in total. The standard InChI is InChI=1S/C11H17B/c1-8-4-5-11(6-7-12)10(3)9(8)2/h4-5,8-9H,6-7H2,1-3H3. The lowest BCUT2D eigenvalue weighted by molar-refractivity contribution is 0.515. The molecule has 0 aromatic carbocycles. The largest absolute Gasteiger partial charge is 0.0847 e. The summed E-state index contributed by atoms with van der Waals surface area (Å²) in [7, 11) is 5.53. The van der Waals surface area contributed by atoms with E-state index in [-0.39, 0.29) is 0 Å². The number of hydrogen-bond donors (Lipinski definition) is 0. The number of allylic oxidation sites excluding steroid dienone is 4. The molecule has 64 valence electrons. The highest BCUT2D eigenvalue weighted by molar-refractivity contribution is 6.08. The average Bonchev–Trinajstić information content (AvgIpc) is 2.07. The lowest BCUT2D eigenvalue weighted by Gasteiger charge is -2.24. The Hall–Kier alpha value is -0.455. The van der Waals surface area contributed by atoms with Crippen LogP contribution in [-0.4, -0.2) is 7.85 Å². The van der Waals surface area contributed by atoms with Gasteiger partial charge >= 0.3 is 0 Å². The van der Waals surface area contributed by atoms with Crippen molar-refractivity contribution in [2.75, 3.05) is 0 Å². The summed E-state index contributed by atoms with van der Waals surface area (Å²) in [4.78, 5) is 0. The molecular formula is C11H17B. The van der Waals surface area contributed by atoms with E-state index in [9.17, 15) is 0 Å². The third-order valence-corrected chi connectivity index (χ3v) is 2.99. The lowest BCUT2D eigenvalue weighted by atomic mass is 9.80. The van der Waals surface area contributed by atoms with Gasteiger partial charge in [0.2, 0.25) is 0 Å². The Morgan fingerprint density at radius 2 is 2.08 bits per heavy atom. The normalized spacial score (nSPS) is 29.6. The van der Waals surface area contributed by atoms with Crippen molar-refractivity contribution in [1.29, 1.82) is 0 Å². The average molecular weight is 160 g/mol. The minimum Gasteiger partial charge on any atom is -0.0847 e. The SMILES string of the molecule is [B]CCC1=C(C)C(C)C(C)C=C1. The van der Waals surface area contributed by atoms with Crippen molar-refractivity contribution in [1.82, 2.24) is 0 Å². The minimum absolute atomic E-state index is 0.687. The van der Waals surface area contributed by atoms with Gasteiger partial charge in [0.25, 0.3) is 0 Å². The first kappa shape index (κ1) is 9.63. The topological polar surface area (TPSA) is 0 Å². The molecule has 0 aliphatic heterocycles. The Kier molecular flexibility index (Phi) is 3.19. The van der Waals surface area contributed by atoms with Crippen LogP contribution >= 0.6 is 0 Å². The summed E-state index contributed by atoms with van der Waals surface area (Å²) in [5, 5.41) is 0. The van der Waals surface area contributed by atoms with E-state index in [0.717, 1.165) is 12.7 Å². The highest BCUT2D eigenvalue weighted by Gasteiger charge is 2.17. The van der Waals surface area contributed by atoms with E-state index in [4.69, 9.17) is 7.85 Å². The van der Waals surface area contributed by atoms with Crippen molar-refractivity contribution in [2.45, 2.75) is 33.5 Å². The van der Waals surface area contributed by atoms with E-state index in [1.54, 1.807) is 0 Å². The third-order valence-electron chi connectivity index (χ3n) is 2.99. The van der Waals surface area contributed by atoms with Crippen LogP contribution in [0.5, 0.6) is 0 Å². The Morgan fingerprint density at radius 1 is 1.42 bits per heavy atom. The van der Waals surface area contributed by atoms with E-state index in [1.807, 2.05) is 0 Å². The molecule has 2 unspecified atom stereocenters. The van der Waals surface area contributed by atoms with Gasteiger partial charge in [0, 0.05) is 0 Å². The molecule has 12 heavy (non-hydrogen) atoms. The summed E-state index contributed by atoms with van der Waals surface area (Å²) in [5.41, 5.74) is 2.97. The highest BCUT2D eigenvalue weighted by Crippen LogP contribution is 2.30. The molecule has 0 heterocycles. The quantitative estimate of drug-likeness (QED) is 0.544. The molecule has 0 aromatic heterocycles. The lowest BCUT2D eigenvalue weighted by Crippen LogP contribution is -2.12. The molecule has 1 rings (SSSR count). The van der Waals surface area contributed by atoms with Crippen LogP contribution in [0.2, 0.25) is 6.32 Å². The van der Waals surface area contributed by atoms with Crippen molar-refractivity contribution < 1.29 is 0 Å². The van der Waals surface area contributed by atoms with Crippen LogP contribution in [0, 0.1) is 11.8 Å². The van der Waals surface area contributed by atoms with Crippen LogP contribution in [-0.2, 0) is 0 Å². The van der Waals surface area contributed by atoms with Crippen LogP contribution in [0.4, 0.5) is 0 Å². The molecule has 1 aliphatic carbocycles. The smallest absolute Gasteiger partial charge is 0.0657 e. The second-order valence-electron chi connectivity index (χ2n) is 3.75. The van der Waals surface area contributed by atoms with Gasteiger partial charge in [0.05, 0.1) is 7.85 Å². The predicted molar refractivity (Wildman–Crippen MR) is 55.3 cm³/mol. The van der Waals surface area contributed by atoms with Crippen LogP contribution in [0.15, 0.2) is 23.3 Å². The zero-order chi connectivity index (χ0) is 9.14. The predicted octanol–water partition coefficient (Wildman–Crippen LogP) is 3.12. The van der Waals surface area contributed by atoms with Crippen molar-refractivity contribution in [3.8, 4) is 0 Å². The zero-order valence-corrected chi connectivity index (χ0v) is 8.30. The minimum atomic E-state index is 0.687. The number of rotatable bonds is 2. The first-order valence-electron chi connectivity index (χ1n) is 4.74. The molecule has 0 bridgehead atoms. The van der Waals surface area contributed by atoms with Crippen LogP contribution in [0.3, 0.4) is 0 Å². The van der Waals surface area contributed by atoms with Crippen molar-refractivity contribution in [3.05, 3.63) is 23.3 Å². The Labute approximate surface area is 77.2 Å². The molecular weight excluding hydrogens is 143 g/mol. The molecule has 0 N–H and O–H groups in total. The van der Waals surface area contributed by atoms with Gasteiger partial charge < -0.3 is 0 Å². The highest BCUT2D eigenvalue weighted by atomic mass is 14.2. The molecule has 1 aliphatic rings. The molecule has 2 atom stereocenters. The molecule has 0 amide bonds. The first-order chi connectivity index (χ1) is 5.66. The molecule has 0 aromatic rings. The maximum absolute atomic E-state index is 5.53. The second kappa shape index (κ2) is 3.98. The first-order valence-corrected chi connectivity index (χ1v) is 4.74. The van der Waals surface area contributed by atoms with E-state index < -0.39 is 0 Å². The van der Waals surface area contributed by atoms with E-state index in [1.165, 1.54) is 11.1 Å². The van der Waals surface area contributed by atoms with E-state index in [2.05, 4.69) is 32.9 Å². The third kappa shape index (κ3) is 1.82. The molecule has 0 saturated heterocycles. The van der Waals surface area contributed by atoms with Gasteiger partial charge in [0.15, 0.2) is 0 Å². The summed E-state index contributed by atoms with van der Waals surface area (Å²) >= 11 is 0. The summed E-state index contributed by atoms with van der Waals surface area (Å²) in [6.07, 6.45) is 6.33. The van der Waals surface area contributed by atoms with E-state index >= 15 is 0 Å². The monoisotopic (exact) mass is 160 g/mol. The van der Waals surface area contributed by atoms with Gasteiger partial charge in [-0.3, -0.25) is 0 Å². The fourth-order valence-corrected chi connectivity index (χ4v) is 1.69. The van der Waals surface area contributed by atoms with Gasteiger partial charge in [-0.15, -0.1) is 0 Å². The summed E-state index contributed by atoms with van der Waals surface area (Å²) in [5.74, 6) is 1.38. The van der Waals surface area contributed by atoms with Crippen LogP contribution < -0.4 is 0 Å². The fraction of sp³-hybridized carbons (Fsp3) is 0.636. The van der Waals surface area contributed by atoms with Crippen molar-refractivity contribution in [2.24, 2.45) is 11.8 Å². The van der Waals surface area contributed by atoms with Gasteiger partial charge in [-0.2, -0.15) is 0 Å². The number of hydrogen-bond acceptors (Lipinski definition) is 0. The van der Waals surface area contributed by atoms with E-state index in [0.29, 0.717) is 11.8 Å². The summed E-state index contributed by atoms with van der Waals surface area (Å²) < 4.78 is 0. The molecule has 0 spiro atoms. The second-order valence-corrected chi connectivity index (χ2v) is 3.75. The summed E-state index contributed by atoms with van der Waals surface area (Å²) in [6, 6.07) is 0. The van der Waals surface area contributed by atoms with Gasteiger partial charge in [0.1, 0.15) is 0 Å². The van der Waals surface area contributed by atoms with Gasteiger partial charge in [-0.25, -0.2) is 0 Å². The van der Waals surface area contributed by atoms with Crippen molar-refractivity contribution >= 4 is 7.85 Å². The maximum Gasteiger partial charge on any atom is 0.0657 e. The van der Waals surface area contributed by atoms with Gasteiger partial charge in [-0.05, 0) is 30.8 Å². The summed E-state index contributed by atoms with van der Waals surface area (Å²) in [6.45, 7) is 6.79. The molecule has 1 heteroatoms. The van der Waals surface area contributed by atoms with Crippen LogP contribution in [0.25, 0.3) is 0 Å².